The Balaban J connectivity index is 1.80. The molecule has 0 unspecified atom stereocenters. The third kappa shape index (κ3) is 4.68. The maximum absolute atomic E-state index is 12.8. The van der Waals surface area contributed by atoms with Gasteiger partial charge in [-0.3, -0.25) is 4.79 Å². The Kier molecular flexibility index (Phi) is 7.93. The molecule has 0 radical (unpaired) electrons. The monoisotopic (exact) mass is 484 g/mol. The Morgan fingerprint density at radius 2 is 2.12 bits per heavy atom. The minimum absolute atomic E-state index is 0.0678. The van der Waals surface area contributed by atoms with Gasteiger partial charge in [0.1, 0.15) is 5.70 Å². The lowest BCUT2D eigenvalue weighted by atomic mass is 9.79. The Hall–Kier alpha value is -2.41. The van der Waals surface area contributed by atoms with Crippen molar-refractivity contribution in [3.05, 3.63) is 32.1 Å². The number of thioether (sulfide) groups is 1. The summed E-state index contributed by atoms with van der Waals surface area (Å²) in [6.07, 6.45) is -0.0630. The van der Waals surface area contributed by atoms with E-state index in [1.165, 1.54) is 28.0 Å². The number of hydrogen-bond donors (Lipinski definition) is 2. The summed E-state index contributed by atoms with van der Waals surface area (Å²) in [6.45, 7) is 4.30. The summed E-state index contributed by atoms with van der Waals surface area (Å²) < 4.78 is 14.3. The van der Waals surface area contributed by atoms with Crippen molar-refractivity contribution < 1.29 is 38.8 Å². The number of esters is 1. The Labute approximate surface area is 192 Å². The van der Waals surface area contributed by atoms with Crippen molar-refractivity contribution in [2.24, 2.45) is 11.8 Å². The average Bonchev–Trinajstić information content (AvgIpc) is 3.29. The predicted molar refractivity (Wildman–Crippen MR) is 116 cm³/mol. The molecule has 12 heteroatoms. The fourth-order valence-electron chi connectivity index (χ4n) is 3.73. The molecular weight excluding hydrogens is 460 g/mol. The normalized spacial score (nSPS) is 23.2. The maximum Gasteiger partial charge on any atom is 0.511 e. The highest BCUT2D eigenvalue weighted by Crippen LogP contribution is 2.51. The van der Waals surface area contributed by atoms with E-state index in [1.54, 1.807) is 30.8 Å². The van der Waals surface area contributed by atoms with Crippen molar-refractivity contribution in [3.8, 4) is 0 Å². The lowest BCUT2D eigenvalue weighted by Crippen LogP contribution is -2.63. The number of carbonyl (C=O) groups excluding carboxylic acids is 3. The first-order valence-electron chi connectivity index (χ1n) is 9.90. The van der Waals surface area contributed by atoms with Crippen molar-refractivity contribution in [2.75, 3.05) is 13.4 Å². The van der Waals surface area contributed by atoms with E-state index in [0.29, 0.717) is 10.6 Å². The molecule has 2 aliphatic rings. The van der Waals surface area contributed by atoms with Gasteiger partial charge >= 0.3 is 12.1 Å². The predicted octanol–water partition coefficient (Wildman–Crippen LogP) is 2.08. The first-order chi connectivity index (χ1) is 15.3. The minimum atomic E-state index is -0.970. The van der Waals surface area contributed by atoms with Gasteiger partial charge in [-0.25, -0.2) is 14.6 Å². The van der Waals surface area contributed by atoms with Crippen LogP contribution in [0.15, 0.2) is 21.5 Å². The highest BCUT2D eigenvalue weighted by Gasteiger charge is 2.60. The summed E-state index contributed by atoms with van der Waals surface area (Å²) in [7, 11) is 0. The quantitative estimate of drug-likeness (QED) is 0.305. The van der Waals surface area contributed by atoms with Gasteiger partial charge in [0.25, 0.3) is 0 Å². The van der Waals surface area contributed by atoms with E-state index in [9.17, 15) is 24.6 Å². The van der Waals surface area contributed by atoms with E-state index in [2.05, 4.69) is 14.5 Å². The standard InChI is InChI=1S/C20H24N2O8S2/c1-4-28-20(27)30-9-29-19(26)16-17(31-6-5-13-12(7-23)21-8-32-13)10(2)15-14(11(3)24)18(25)22(15)16/h5-6,8,10-11,14-15,23-24H,4,7,9H2,1-3H3/t10-,11-,14-,15-/m1/s1. The van der Waals surface area contributed by atoms with E-state index < -0.39 is 30.9 Å². The maximum atomic E-state index is 12.8. The number of nitrogens with zero attached hydrogens (tertiary/aromatic N) is 2. The second-order valence-electron chi connectivity index (χ2n) is 7.09. The molecule has 2 N–H and O–H groups in total. The van der Waals surface area contributed by atoms with Crippen molar-refractivity contribution in [2.45, 2.75) is 39.5 Å². The molecule has 174 valence electrons. The summed E-state index contributed by atoms with van der Waals surface area (Å²) in [4.78, 5) is 43.5. The van der Waals surface area contributed by atoms with Gasteiger partial charge in [0.15, 0.2) is 0 Å². The molecule has 1 fully saturated rings. The molecule has 4 atom stereocenters. The summed E-state index contributed by atoms with van der Waals surface area (Å²) >= 11 is 2.61. The Morgan fingerprint density at radius 3 is 2.78 bits per heavy atom. The van der Waals surface area contributed by atoms with Gasteiger partial charge < -0.3 is 29.3 Å². The van der Waals surface area contributed by atoms with Gasteiger partial charge in [-0.15, -0.1) is 11.3 Å². The minimum Gasteiger partial charge on any atom is -0.435 e. The molecule has 0 aliphatic carbocycles. The van der Waals surface area contributed by atoms with Crippen molar-refractivity contribution in [1.82, 2.24) is 9.88 Å². The van der Waals surface area contributed by atoms with Gasteiger partial charge in [0.2, 0.25) is 12.7 Å². The SMILES string of the molecule is CCOC(=O)OCOC(=O)C1=C(SC=Cc2scnc2CO)[C@H](C)[C@@H]2[C@@H]([C@@H](C)O)C(=O)N12. The smallest absolute Gasteiger partial charge is 0.435 e. The van der Waals surface area contributed by atoms with Crippen LogP contribution in [-0.2, 0) is 30.4 Å². The van der Waals surface area contributed by atoms with Crippen LogP contribution in [0.4, 0.5) is 4.79 Å². The second-order valence-corrected chi connectivity index (χ2v) is 8.92. The lowest BCUT2D eigenvalue weighted by molar-refractivity contribution is -0.166. The molecule has 1 saturated heterocycles. The zero-order valence-electron chi connectivity index (χ0n) is 17.7. The van der Waals surface area contributed by atoms with Crippen LogP contribution in [0.5, 0.6) is 0 Å². The van der Waals surface area contributed by atoms with Gasteiger partial charge in [-0.1, -0.05) is 18.7 Å². The van der Waals surface area contributed by atoms with Crippen LogP contribution in [-0.4, -0.2) is 63.7 Å². The lowest BCUT2D eigenvalue weighted by Gasteiger charge is -2.46. The molecule has 0 aromatic carbocycles. The molecule has 3 heterocycles. The zero-order valence-corrected chi connectivity index (χ0v) is 19.4. The van der Waals surface area contributed by atoms with E-state index in [0.717, 1.165) is 4.88 Å². The molecule has 1 aromatic rings. The number of aromatic nitrogens is 1. The fourth-order valence-corrected chi connectivity index (χ4v) is 5.51. The Bertz CT molecular complexity index is 942. The van der Waals surface area contributed by atoms with Gasteiger partial charge in [-0.05, 0) is 25.3 Å². The summed E-state index contributed by atoms with van der Waals surface area (Å²) in [6, 6.07) is -0.372. The summed E-state index contributed by atoms with van der Waals surface area (Å²) in [5, 5.41) is 21.1. The number of amides is 1. The number of ether oxygens (including phenoxy) is 3. The van der Waals surface area contributed by atoms with Gasteiger partial charge in [0.05, 0.1) is 47.4 Å². The van der Waals surface area contributed by atoms with Crippen molar-refractivity contribution in [1.29, 1.82) is 0 Å². The molecule has 2 aliphatic heterocycles. The number of β-lactam (4-membered cyclic amide) rings is 1. The van der Waals surface area contributed by atoms with E-state index >= 15 is 0 Å². The third-order valence-electron chi connectivity index (χ3n) is 5.17. The summed E-state index contributed by atoms with van der Waals surface area (Å²) in [5.41, 5.74) is 2.24. The largest absolute Gasteiger partial charge is 0.511 e. The number of hydrogen-bond acceptors (Lipinski definition) is 11. The highest BCUT2D eigenvalue weighted by atomic mass is 32.2. The van der Waals surface area contributed by atoms with Crippen molar-refractivity contribution in [3.63, 3.8) is 0 Å². The average molecular weight is 485 g/mol. The number of carbonyl (C=O) groups is 3. The number of fused-ring (bicyclic) bond motifs is 1. The van der Waals surface area contributed by atoms with E-state index in [-0.39, 0.29) is 36.8 Å². The van der Waals surface area contributed by atoms with Crippen LogP contribution in [0, 0.1) is 11.8 Å². The van der Waals surface area contributed by atoms with Crippen LogP contribution in [0.25, 0.3) is 6.08 Å². The van der Waals surface area contributed by atoms with Crippen LogP contribution < -0.4 is 0 Å². The molecule has 3 rings (SSSR count). The first kappa shape index (κ1) is 24.2. The van der Waals surface area contributed by atoms with Crippen LogP contribution in [0.1, 0.15) is 31.3 Å². The van der Waals surface area contributed by atoms with E-state index in [4.69, 9.17) is 4.74 Å². The molecule has 10 nitrogen and oxygen atoms in total. The highest BCUT2D eigenvalue weighted by molar-refractivity contribution is 8.06. The topological polar surface area (TPSA) is 135 Å². The molecule has 0 spiro atoms. The molecule has 1 aromatic heterocycles. The number of thiazole rings is 1. The number of aliphatic hydroxyl groups excluding tert-OH is 2. The van der Waals surface area contributed by atoms with Gasteiger partial charge in [-0.2, -0.15) is 0 Å². The zero-order chi connectivity index (χ0) is 23.4. The molecule has 1 amide bonds. The first-order valence-corrected chi connectivity index (χ1v) is 11.7. The molecule has 32 heavy (non-hydrogen) atoms. The van der Waals surface area contributed by atoms with Crippen LogP contribution >= 0.6 is 23.1 Å². The van der Waals surface area contributed by atoms with E-state index in [1.807, 2.05) is 6.92 Å². The number of aliphatic hydroxyl groups is 2. The van der Waals surface area contributed by atoms with Gasteiger partial charge in [0, 0.05) is 10.8 Å². The number of rotatable bonds is 9. The fraction of sp³-hybridized carbons (Fsp3) is 0.500. The van der Waals surface area contributed by atoms with Crippen LogP contribution in [0.3, 0.4) is 0 Å². The van der Waals surface area contributed by atoms with Crippen LogP contribution in [0.2, 0.25) is 0 Å². The third-order valence-corrected chi connectivity index (χ3v) is 7.10. The molecular formula is C20H24N2O8S2. The molecule has 0 saturated carbocycles. The van der Waals surface area contributed by atoms with Crippen molar-refractivity contribution >= 4 is 47.2 Å². The molecule has 0 bridgehead atoms. The Morgan fingerprint density at radius 1 is 1.38 bits per heavy atom. The second kappa shape index (κ2) is 10.5. The summed E-state index contributed by atoms with van der Waals surface area (Å²) in [5.74, 6) is -2.02.